The van der Waals surface area contributed by atoms with Gasteiger partial charge < -0.3 is 4.90 Å². The van der Waals surface area contributed by atoms with Crippen molar-refractivity contribution in [3.63, 3.8) is 0 Å². The second-order valence-electron chi connectivity index (χ2n) is 6.63. The van der Waals surface area contributed by atoms with Crippen LogP contribution in [-0.2, 0) is 4.79 Å². The summed E-state index contributed by atoms with van der Waals surface area (Å²) in [5.41, 5.74) is 0.940. The fraction of sp³-hybridized carbons (Fsp3) is 0.500. The molecule has 23 heavy (non-hydrogen) atoms. The van der Waals surface area contributed by atoms with E-state index in [0.29, 0.717) is 17.6 Å². The first kappa shape index (κ1) is 16.2. The van der Waals surface area contributed by atoms with Crippen LogP contribution in [0.2, 0.25) is 0 Å². The topological polar surface area (TPSA) is 46.1 Å². The van der Waals surface area contributed by atoms with Gasteiger partial charge in [0.2, 0.25) is 5.91 Å². The van der Waals surface area contributed by atoms with Gasteiger partial charge in [0.15, 0.2) is 0 Å². The van der Waals surface area contributed by atoms with Crippen LogP contribution in [0.4, 0.5) is 0 Å². The second kappa shape index (κ2) is 6.87. The van der Waals surface area contributed by atoms with Gasteiger partial charge in [-0.1, -0.05) is 43.8 Å². The number of fused-ring (bicyclic) bond motifs is 1. The van der Waals surface area contributed by atoms with Crippen LogP contribution in [0.25, 0.3) is 10.9 Å². The number of likely N-dealkylation sites (tertiary alicyclic amines) is 1. The number of hydrogen-bond acceptors (Lipinski definition) is 4. The molecule has 0 spiro atoms. The van der Waals surface area contributed by atoms with E-state index in [1.54, 1.807) is 0 Å². The van der Waals surface area contributed by atoms with Gasteiger partial charge in [-0.25, -0.2) is 9.97 Å². The van der Waals surface area contributed by atoms with Crippen LogP contribution in [0.15, 0.2) is 29.3 Å². The molecule has 0 N–H and O–H groups in total. The smallest absolute Gasteiger partial charge is 0.233 e. The number of benzene rings is 1. The molecule has 4 nitrogen and oxygen atoms in total. The molecule has 2 heterocycles. The number of amides is 1. The lowest BCUT2D eigenvalue weighted by Gasteiger charge is -2.35. The lowest BCUT2D eigenvalue weighted by Crippen LogP contribution is -2.43. The van der Waals surface area contributed by atoms with E-state index in [9.17, 15) is 4.79 Å². The van der Waals surface area contributed by atoms with Gasteiger partial charge in [-0.15, -0.1) is 0 Å². The maximum Gasteiger partial charge on any atom is 0.233 e. The molecule has 1 amide bonds. The normalized spacial score (nSPS) is 21.6. The van der Waals surface area contributed by atoms with Crippen molar-refractivity contribution in [1.82, 2.24) is 14.9 Å². The summed E-state index contributed by atoms with van der Waals surface area (Å²) in [7, 11) is 0. The zero-order valence-electron chi connectivity index (χ0n) is 14.0. The van der Waals surface area contributed by atoms with Crippen LogP contribution < -0.4 is 0 Å². The van der Waals surface area contributed by atoms with Crippen molar-refractivity contribution < 1.29 is 4.79 Å². The minimum Gasteiger partial charge on any atom is -0.341 e. The summed E-state index contributed by atoms with van der Waals surface area (Å²) in [6.07, 6.45) is 1.21. The SMILES string of the molecule is Cc1nc(SCC(=O)N2C[C@@H](C)C[C@H](C)C2)c2ccccc2n1. The van der Waals surface area contributed by atoms with Crippen LogP contribution in [0.1, 0.15) is 26.1 Å². The fourth-order valence-electron chi connectivity index (χ4n) is 3.36. The summed E-state index contributed by atoms with van der Waals surface area (Å²) < 4.78 is 0. The van der Waals surface area contributed by atoms with Gasteiger partial charge in [-0.2, -0.15) is 0 Å². The number of carbonyl (C=O) groups is 1. The van der Waals surface area contributed by atoms with Crippen molar-refractivity contribution in [2.24, 2.45) is 11.8 Å². The van der Waals surface area contributed by atoms with Gasteiger partial charge in [0.1, 0.15) is 10.9 Å². The Hall–Kier alpha value is -1.62. The Balaban J connectivity index is 1.72. The number of hydrogen-bond donors (Lipinski definition) is 0. The molecular formula is C18H23N3OS. The molecule has 0 bridgehead atoms. The summed E-state index contributed by atoms with van der Waals surface area (Å²) in [6, 6.07) is 7.97. The minimum atomic E-state index is 0.216. The van der Waals surface area contributed by atoms with Crippen molar-refractivity contribution in [3.05, 3.63) is 30.1 Å². The molecule has 1 aliphatic rings. The molecule has 2 atom stereocenters. The monoisotopic (exact) mass is 329 g/mol. The summed E-state index contributed by atoms with van der Waals surface area (Å²) >= 11 is 1.53. The van der Waals surface area contributed by atoms with Crippen molar-refractivity contribution in [2.45, 2.75) is 32.2 Å². The Morgan fingerprint density at radius 2 is 1.91 bits per heavy atom. The van der Waals surface area contributed by atoms with Crippen molar-refractivity contribution >= 4 is 28.6 Å². The Morgan fingerprint density at radius 3 is 2.65 bits per heavy atom. The van der Waals surface area contributed by atoms with Crippen molar-refractivity contribution in [1.29, 1.82) is 0 Å². The quantitative estimate of drug-likeness (QED) is 0.638. The summed E-state index contributed by atoms with van der Waals surface area (Å²) in [5, 5.41) is 1.93. The summed E-state index contributed by atoms with van der Waals surface area (Å²) in [6.45, 7) is 8.11. The molecule has 0 saturated carbocycles. The molecule has 0 unspecified atom stereocenters. The van der Waals surface area contributed by atoms with Gasteiger partial charge in [-0.05, 0) is 31.2 Å². The Morgan fingerprint density at radius 1 is 1.22 bits per heavy atom. The Kier molecular flexibility index (Phi) is 4.85. The van der Waals surface area contributed by atoms with Crippen LogP contribution >= 0.6 is 11.8 Å². The van der Waals surface area contributed by atoms with Gasteiger partial charge in [0.25, 0.3) is 0 Å². The van der Waals surface area contributed by atoms with Gasteiger partial charge in [0, 0.05) is 18.5 Å². The van der Waals surface area contributed by atoms with Gasteiger partial charge in [0.05, 0.1) is 11.3 Å². The lowest BCUT2D eigenvalue weighted by molar-refractivity contribution is -0.130. The first-order valence-corrected chi connectivity index (χ1v) is 9.15. The predicted octanol–water partition coefficient (Wildman–Crippen LogP) is 3.53. The third-order valence-electron chi connectivity index (χ3n) is 4.23. The zero-order chi connectivity index (χ0) is 16.4. The molecule has 0 radical (unpaired) electrons. The van der Waals surface area contributed by atoms with Gasteiger partial charge in [-0.3, -0.25) is 4.79 Å². The zero-order valence-corrected chi connectivity index (χ0v) is 14.8. The number of nitrogens with zero attached hydrogens (tertiary/aromatic N) is 3. The molecule has 1 aliphatic heterocycles. The Bertz CT molecular complexity index is 708. The minimum absolute atomic E-state index is 0.216. The van der Waals surface area contributed by atoms with E-state index in [1.165, 1.54) is 18.2 Å². The standard InChI is InChI=1S/C18H23N3OS/c1-12-8-13(2)10-21(9-12)17(22)11-23-18-15-6-4-5-7-16(15)19-14(3)20-18/h4-7,12-13H,8-11H2,1-3H3/t12-,13-/m0/s1. The van der Waals surface area contributed by atoms with E-state index in [2.05, 4.69) is 23.8 Å². The molecule has 1 fully saturated rings. The highest BCUT2D eigenvalue weighted by Gasteiger charge is 2.25. The first-order chi connectivity index (χ1) is 11.0. The third kappa shape index (κ3) is 3.83. The van der Waals surface area contributed by atoms with Gasteiger partial charge >= 0.3 is 0 Å². The Labute approximate surface area is 141 Å². The molecular weight excluding hydrogens is 306 g/mol. The maximum absolute atomic E-state index is 12.5. The number of aryl methyl sites for hydroxylation is 1. The number of carbonyl (C=O) groups excluding carboxylic acids is 1. The second-order valence-corrected chi connectivity index (χ2v) is 7.59. The van der Waals surface area contributed by atoms with Crippen LogP contribution in [0.3, 0.4) is 0 Å². The largest absolute Gasteiger partial charge is 0.341 e. The van der Waals surface area contributed by atoms with Crippen LogP contribution in [0, 0.1) is 18.8 Å². The average Bonchev–Trinajstić information content (AvgIpc) is 2.51. The number of aromatic nitrogens is 2. The third-order valence-corrected chi connectivity index (χ3v) is 5.21. The van der Waals surface area contributed by atoms with E-state index < -0.39 is 0 Å². The van der Waals surface area contributed by atoms with E-state index in [4.69, 9.17) is 0 Å². The highest BCUT2D eigenvalue weighted by atomic mass is 32.2. The highest BCUT2D eigenvalue weighted by Crippen LogP contribution is 2.27. The molecule has 1 saturated heterocycles. The van der Waals surface area contributed by atoms with E-state index in [1.807, 2.05) is 36.1 Å². The number of thioether (sulfide) groups is 1. The fourth-order valence-corrected chi connectivity index (χ4v) is 4.32. The molecule has 0 aliphatic carbocycles. The summed E-state index contributed by atoms with van der Waals surface area (Å²) in [5.74, 6) is 2.59. The summed E-state index contributed by atoms with van der Waals surface area (Å²) in [4.78, 5) is 23.5. The van der Waals surface area contributed by atoms with Crippen molar-refractivity contribution in [2.75, 3.05) is 18.8 Å². The van der Waals surface area contributed by atoms with E-state index in [-0.39, 0.29) is 5.91 Å². The molecule has 2 aromatic rings. The molecule has 1 aromatic heterocycles. The molecule has 1 aromatic carbocycles. The van der Waals surface area contributed by atoms with Crippen LogP contribution in [-0.4, -0.2) is 39.6 Å². The molecule has 3 rings (SSSR count). The average molecular weight is 329 g/mol. The molecule has 122 valence electrons. The van der Waals surface area contributed by atoms with E-state index in [0.717, 1.165) is 34.8 Å². The molecule has 5 heteroatoms. The highest BCUT2D eigenvalue weighted by molar-refractivity contribution is 8.00. The predicted molar refractivity (Wildman–Crippen MR) is 94.5 cm³/mol. The number of piperidine rings is 1. The van der Waals surface area contributed by atoms with Crippen LogP contribution in [0.5, 0.6) is 0 Å². The lowest BCUT2D eigenvalue weighted by atomic mass is 9.92. The number of para-hydroxylation sites is 1. The number of rotatable bonds is 3. The maximum atomic E-state index is 12.5. The van der Waals surface area contributed by atoms with E-state index >= 15 is 0 Å². The van der Waals surface area contributed by atoms with Crippen molar-refractivity contribution in [3.8, 4) is 0 Å². The first-order valence-electron chi connectivity index (χ1n) is 8.17.